The van der Waals surface area contributed by atoms with E-state index in [1.807, 2.05) is 6.07 Å². The maximum Gasteiger partial charge on any atom is 0.339 e. The molecular weight excluding hydrogens is 358 g/mol. The Morgan fingerprint density at radius 3 is 2.67 bits per heavy atom. The number of nitrogens with one attached hydrogen (secondary N) is 1. The molecule has 2 rings (SSSR count). The molecule has 0 bridgehead atoms. The Balaban J connectivity index is 2.06. The van der Waals surface area contributed by atoms with Crippen molar-refractivity contribution < 1.29 is 19.4 Å². The lowest BCUT2D eigenvalue weighted by molar-refractivity contribution is 0.0693. The van der Waals surface area contributed by atoms with Crippen LogP contribution in [0.15, 0.2) is 34.1 Å². The zero-order valence-corrected chi connectivity index (χ0v) is 13.5. The van der Waals surface area contributed by atoms with E-state index in [4.69, 9.17) is 9.84 Å². The molecule has 0 unspecified atom stereocenters. The molecule has 1 heterocycles. The summed E-state index contributed by atoms with van der Waals surface area (Å²) in [6.45, 7) is 0.296. The van der Waals surface area contributed by atoms with E-state index >= 15 is 0 Å². The zero-order valence-electron chi connectivity index (χ0n) is 11.1. The Labute approximate surface area is 133 Å². The molecule has 110 valence electrons. The van der Waals surface area contributed by atoms with Gasteiger partial charge in [-0.2, -0.15) is 0 Å². The van der Waals surface area contributed by atoms with Crippen molar-refractivity contribution in [2.24, 2.45) is 0 Å². The number of amides is 1. The minimum atomic E-state index is -1.05. The lowest BCUT2D eigenvalue weighted by Gasteiger charge is -2.08. The molecule has 0 atom stereocenters. The standard InChI is InChI=1S/C14H12BrNO4S/c1-20-10-6-8(2-3-9(10)14(18)19)7-16-13(17)11-4-5-12(15)21-11/h2-6H,7H2,1H3,(H,16,17)(H,18,19). The number of halogens is 1. The van der Waals surface area contributed by atoms with Crippen LogP contribution in [0.4, 0.5) is 0 Å². The summed E-state index contributed by atoms with van der Waals surface area (Å²) in [6.07, 6.45) is 0. The van der Waals surface area contributed by atoms with Crippen LogP contribution < -0.4 is 10.1 Å². The number of thiophene rings is 1. The summed E-state index contributed by atoms with van der Waals surface area (Å²) >= 11 is 4.65. The van der Waals surface area contributed by atoms with Crippen LogP contribution in [0.2, 0.25) is 0 Å². The maximum absolute atomic E-state index is 11.9. The van der Waals surface area contributed by atoms with Crippen LogP contribution in [0.1, 0.15) is 25.6 Å². The van der Waals surface area contributed by atoms with Crippen molar-refractivity contribution in [3.63, 3.8) is 0 Å². The molecule has 0 radical (unpaired) electrons. The van der Waals surface area contributed by atoms with Crippen LogP contribution in [0.3, 0.4) is 0 Å². The Bertz CT molecular complexity index is 683. The van der Waals surface area contributed by atoms with E-state index in [0.717, 1.165) is 9.35 Å². The summed E-state index contributed by atoms with van der Waals surface area (Å²) in [6, 6.07) is 8.26. The molecular formula is C14H12BrNO4S. The van der Waals surface area contributed by atoms with Gasteiger partial charge in [-0.15, -0.1) is 11.3 Å². The molecule has 0 aliphatic heterocycles. The summed E-state index contributed by atoms with van der Waals surface area (Å²) in [4.78, 5) is 23.5. The number of benzene rings is 1. The lowest BCUT2D eigenvalue weighted by atomic mass is 10.1. The molecule has 0 saturated carbocycles. The van der Waals surface area contributed by atoms with E-state index in [-0.39, 0.29) is 17.2 Å². The number of aromatic carboxylic acids is 1. The van der Waals surface area contributed by atoms with Crippen LogP contribution in [-0.4, -0.2) is 24.1 Å². The van der Waals surface area contributed by atoms with Gasteiger partial charge in [-0.05, 0) is 45.8 Å². The molecule has 0 fully saturated rings. The van der Waals surface area contributed by atoms with Gasteiger partial charge in [-0.25, -0.2) is 4.79 Å². The van der Waals surface area contributed by atoms with Crippen molar-refractivity contribution >= 4 is 39.1 Å². The van der Waals surface area contributed by atoms with E-state index < -0.39 is 5.97 Å². The third kappa shape index (κ3) is 3.83. The summed E-state index contributed by atoms with van der Waals surface area (Å²) in [5.74, 6) is -0.953. The van der Waals surface area contributed by atoms with Gasteiger partial charge in [0.05, 0.1) is 15.8 Å². The molecule has 1 aromatic heterocycles. The van der Waals surface area contributed by atoms with Crippen LogP contribution in [-0.2, 0) is 6.54 Å². The fourth-order valence-corrected chi connectivity index (χ4v) is 3.03. The lowest BCUT2D eigenvalue weighted by Crippen LogP contribution is -2.21. The molecule has 2 aromatic rings. The third-order valence-electron chi connectivity index (χ3n) is 2.75. The van der Waals surface area contributed by atoms with Crippen LogP contribution in [0.25, 0.3) is 0 Å². The van der Waals surface area contributed by atoms with Crippen LogP contribution >= 0.6 is 27.3 Å². The molecule has 0 saturated heterocycles. The highest BCUT2D eigenvalue weighted by molar-refractivity contribution is 9.11. The fourth-order valence-electron chi connectivity index (χ4n) is 1.73. The van der Waals surface area contributed by atoms with Crippen molar-refractivity contribution in [1.82, 2.24) is 5.32 Å². The number of carbonyl (C=O) groups is 2. The van der Waals surface area contributed by atoms with Crippen molar-refractivity contribution in [3.8, 4) is 5.75 Å². The van der Waals surface area contributed by atoms with Gasteiger partial charge in [-0.3, -0.25) is 4.79 Å². The molecule has 1 amide bonds. The number of methoxy groups -OCH3 is 1. The smallest absolute Gasteiger partial charge is 0.339 e. The Kier molecular flexibility index (Phi) is 4.98. The second-order valence-electron chi connectivity index (χ2n) is 4.13. The Hall–Kier alpha value is -1.86. The van der Waals surface area contributed by atoms with Crippen molar-refractivity contribution in [1.29, 1.82) is 0 Å². The highest BCUT2D eigenvalue weighted by Gasteiger charge is 2.12. The zero-order chi connectivity index (χ0) is 15.4. The highest BCUT2D eigenvalue weighted by atomic mass is 79.9. The average molecular weight is 370 g/mol. The van der Waals surface area contributed by atoms with E-state index in [2.05, 4.69) is 21.2 Å². The van der Waals surface area contributed by atoms with Gasteiger partial charge in [0.25, 0.3) is 5.91 Å². The van der Waals surface area contributed by atoms with Gasteiger partial charge in [0.2, 0.25) is 0 Å². The van der Waals surface area contributed by atoms with Gasteiger partial charge < -0.3 is 15.2 Å². The van der Waals surface area contributed by atoms with Gasteiger partial charge in [-0.1, -0.05) is 6.07 Å². The number of carboxylic acid groups (broad SMARTS) is 1. The molecule has 0 spiro atoms. The number of rotatable bonds is 5. The van der Waals surface area contributed by atoms with E-state index in [9.17, 15) is 9.59 Å². The van der Waals surface area contributed by atoms with Gasteiger partial charge in [0.15, 0.2) is 0 Å². The first-order chi connectivity index (χ1) is 10.0. The predicted molar refractivity (Wildman–Crippen MR) is 83.1 cm³/mol. The molecule has 7 heteroatoms. The normalized spacial score (nSPS) is 10.2. The number of hydrogen-bond donors (Lipinski definition) is 2. The largest absolute Gasteiger partial charge is 0.496 e. The quantitative estimate of drug-likeness (QED) is 0.848. The predicted octanol–water partition coefficient (Wildman–Crippen LogP) is 3.15. The highest BCUT2D eigenvalue weighted by Crippen LogP contribution is 2.22. The SMILES string of the molecule is COc1cc(CNC(=O)c2ccc(Br)s2)ccc1C(=O)O. The summed E-state index contributed by atoms with van der Waals surface area (Å²) in [7, 11) is 1.41. The van der Waals surface area contributed by atoms with Crippen LogP contribution in [0, 0.1) is 0 Å². The number of ether oxygens (including phenoxy) is 1. The average Bonchev–Trinajstić information content (AvgIpc) is 2.90. The summed E-state index contributed by atoms with van der Waals surface area (Å²) in [5, 5.41) is 11.8. The second kappa shape index (κ2) is 6.73. The maximum atomic E-state index is 11.9. The van der Waals surface area contributed by atoms with E-state index in [1.165, 1.54) is 24.5 Å². The van der Waals surface area contributed by atoms with Gasteiger partial charge in [0, 0.05) is 6.54 Å². The number of hydrogen-bond acceptors (Lipinski definition) is 4. The second-order valence-corrected chi connectivity index (χ2v) is 6.59. The van der Waals surface area contributed by atoms with Gasteiger partial charge >= 0.3 is 5.97 Å². The topological polar surface area (TPSA) is 75.6 Å². The molecule has 5 nitrogen and oxygen atoms in total. The monoisotopic (exact) mass is 369 g/mol. The first-order valence-corrected chi connectivity index (χ1v) is 7.56. The van der Waals surface area contributed by atoms with Crippen molar-refractivity contribution in [2.75, 3.05) is 7.11 Å². The molecule has 2 N–H and O–H groups in total. The Morgan fingerprint density at radius 2 is 2.10 bits per heavy atom. The third-order valence-corrected chi connectivity index (χ3v) is 4.37. The summed E-state index contributed by atoms with van der Waals surface area (Å²) in [5.41, 5.74) is 0.857. The first kappa shape index (κ1) is 15.5. The number of carboxylic acids is 1. The Morgan fingerprint density at radius 1 is 1.33 bits per heavy atom. The van der Waals surface area contributed by atoms with Crippen LogP contribution in [0.5, 0.6) is 5.75 Å². The molecule has 1 aromatic carbocycles. The molecule has 0 aliphatic rings. The summed E-state index contributed by atoms with van der Waals surface area (Å²) < 4.78 is 5.93. The van der Waals surface area contributed by atoms with E-state index in [1.54, 1.807) is 18.2 Å². The molecule has 0 aliphatic carbocycles. The van der Waals surface area contributed by atoms with Gasteiger partial charge in [0.1, 0.15) is 11.3 Å². The van der Waals surface area contributed by atoms with Crippen molar-refractivity contribution in [3.05, 3.63) is 50.1 Å². The fraction of sp³-hybridized carbons (Fsp3) is 0.143. The first-order valence-electron chi connectivity index (χ1n) is 5.95. The molecule has 21 heavy (non-hydrogen) atoms. The van der Waals surface area contributed by atoms with Crippen molar-refractivity contribution in [2.45, 2.75) is 6.54 Å². The minimum Gasteiger partial charge on any atom is -0.496 e. The number of carbonyl (C=O) groups excluding carboxylic acids is 1. The minimum absolute atomic E-state index is 0.0924. The van der Waals surface area contributed by atoms with E-state index in [0.29, 0.717) is 11.4 Å².